The van der Waals surface area contributed by atoms with Crippen molar-refractivity contribution in [3.63, 3.8) is 0 Å². The van der Waals surface area contributed by atoms with E-state index < -0.39 is 18.0 Å². The van der Waals surface area contributed by atoms with E-state index in [9.17, 15) is 18.0 Å². The van der Waals surface area contributed by atoms with Crippen LogP contribution < -0.4 is 10.1 Å². The summed E-state index contributed by atoms with van der Waals surface area (Å²) in [6.07, 6.45) is -2.58. The molecule has 1 amide bonds. The third-order valence-electron chi connectivity index (χ3n) is 2.24. The molecule has 0 bridgehead atoms. The highest BCUT2D eigenvalue weighted by Crippen LogP contribution is 2.30. The molecule has 21 heavy (non-hydrogen) atoms. The van der Waals surface area contributed by atoms with E-state index in [1.165, 1.54) is 24.4 Å². The summed E-state index contributed by atoms with van der Waals surface area (Å²) in [5, 5.41) is 2.23. The number of anilines is 1. The molecule has 0 radical (unpaired) electrons. The molecule has 9 heteroatoms. The van der Waals surface area contributed by atoms with E-state index in [-0.39, 0.29) is 16.4 Å². The normalized spacial score (nSPS) is 11.0. The molecule has 0 aliphatic heterocycles. The Hall–Kier alpha value is -2.35. The van der Waals surface area contributed by atoms with Crippen LogP contribution >= 0.6 is 11.6 Å². The number of para-hydroxylation sites is 2. The van der Waals surface area contributed by atoms with Crippen LogP contribution in [0.2, 0.25) is 5.02 Å². The van der Waals surface area contributed by atoms with Gasteiger partial charge in [0.25, 0.3) is 5.91 Å². The van der Waals surface area contributed by atoms with Crippen LogP contribution in [0.3, 0.4) is 0 Å². The monoisotopic (exact) mass is 317 g/mol. The minimum absolute atomic E-state index is 0.0239. The van der Waals surface area contributed by atoms with Crippen LogP contribution in [-0.4, -0.2) is 22.2 Å². The Morgan fingerprint density at radius 3 is 2.67 bits per heavy atom. The minimum atomic E-state index is -4.87. The van der Waals surface area contributed by atoms with Crippen molar-refractivity contribution in [2.75, 3.05) is 5.32 Å². The summed E-state index contributed by atoms with van der Waals surface area (Å²) < 4.78 is 40.6. The van der Waals surface area contributed by atoms with Crippen LogP contribution in [0, 0.1) is 0 Å². The molecule has 0 saturated carbocycles. The Bertz CT molecular complexity index is 664. The quantitative estimate of drug-likeness (QED) is 0.943. The second kappa shape index (κ2) is 5.96. The van der Waals surface area contributed by atoms with Gasteiger partial charge in [0, 0.05) is 6.20 Å². The lowest BCUT2D eigenvalue weighted by Gasteiger charge is -2.13. The zero-order valence-corrected chi connectivity index (χ0v) is 10.9. The fourth-order valence-corrected chi connectivity index (χ4v) is 1.64. The van der Waals surface area contributed by atoms with Gasteiger partial charge in [-0.25, -0.2) is 9.97 Å². The molecule has 0 aliphatic rings. The van der Waals surface area contributed by atoms with Gasteiger partial charge in [0.05, 0.1) is 10.7 Å². The number of aromatic nitrogens is 2. The number of alkyl halides is 3. The molecule has 2 aromatic rings. The predicted octanol–water partition coefficient (Wildman–Crippen LogP) is 3.28. The van der Waals surface area contributed by atoms with E-state index >= 15 is 0 Å². The van der Waals surface area contributed by atoms with E-state index in [0.717, 1.165) is 12.4 Å². The van der Waals surface area contributed by atoms with Gasteiger partial charge >= 0.3 is 6.36 Å². The summed E-state index contributed by atoms with van der Waals surface area (Å²) in [6, 6.07) is 5.12. The molecule has 0 fully saturated rings. The molecule has 1 heterocycles. The maximum Gasteiger partial charge on any atom is 0.573 e. The lowest BCUT2D eigenvalue weighted by molar-refractivity contribution is -0.274. The van der Waals surface area contributed by atoms with Crippen LogP contribution in [0.15, 0.2) is 36.8 Å². The molecule has 0 aliphatic carbocycles. The third kappa shape index (κ3) is 4.06. The fourth-order valence-electron chi connectivity index (χ4n) is 1.44. The molecular weight excluding hydrogens is 311 g/mol. The number of benzene rings is 1. The standard InChI is InChI=1S/C12H7ClF3N3O2/c13-7-5-17-6-18-10(7)11(20)19-8-3-1-2-4-9(8)21-12(14,15)16/h1-6H,(H,19,20). The second-order valence-corrected chi connectivity index (χ2v) is 4.12. The first-order chi connectivity index (χ1) is 9.87. The van der Waals surface area contributed by atoms with Crippen LogP contribution in [0.4, 0.5) is 18.9 Å². The van der Waals surface area contributed by atoms with E-state index in [0.29, 0.717) is 0 Å². The first-order valence-electron chi connectivity index (χ1n) is 5.48. The topological polar surface area (TPSA) is 64.1 Å². The number of hydrogen-bond donors (Lipinski definition) is 1. The minimum Gasteiger partial charge on any atom is -0.404 e. The summed E-state index contributed by atoms with van der Waals surface area (Å²) in [5.74, 6) is -1.32. The molecule has 0 unspecified atom stereocenters. The third-order valence-corrected chi connectivity index (χ3v) is 2.52. The summed E-state index contributed by atoms with van der Waals surface area (Å²) >= 11 is 5.73. The molecule has 1 aromatic carbocycles. The van der Waals surface area contributed by atoms with Crippen LogP contribution in [0.25, 0.3) is 0 Å². The Kier molecular flexibility index (Phi) is 4.27. The number of nitrogens with one attached hydrogen (secondary N) is 1. The van der Waals surface area contributed by atoms with Gasteiger partial charge in [-0.3, -0.25) is 4.79 Å². The number of nitrogens with zero attached hydrogens (tertiary/aromatic N) is 2. The SMILES string of the molecule is O=C(Nc1ccccc1OC(F)(F)F)c1ncncc1Cl. The zero-order valence-electron chi connectivity index (χ0n) is 10.2. The van der Waals surface area contributed by atoms with Crippen LogP contribution in [0.5, 0.6) is 5.75 Å². The average Bonchev–Trinajstić information content (AvgIpc) is 2.40. The van der Waals surface area contributed by atoms with Gasteiger partial charge in [-0.15, -0.1) is 13.2 Å². The zero-order chi connectivity index (χ0) is 15.5. The number of amides is 1. The van der Waals surface area contributed by atoms with Crippen LogP contribution in [0.1, 0.15) is 10.5 Å². The van der Waals surface area contributed by atoms with Crippen molar-refractivity contribution in [3.8, 4) is 5.75 Å². The summed E-state index contributed by atoms with van der Waals surface area (Å²) in [5.41, 5.74) is -0.317. The Morgan fingerprint density at radius 2 is 2.00 bits per heavy atom. The first-order valence-corrected chi connectivity index (χ1v) is 5.86. The fraction of sp³-hybridized carbons (Fsp3) is 0.0833. The van der Waals surface area contributed by atoms with Gasteiger partial charge in [0.1, 0.15) is 12.0 Å². The van der Waals surface area contributed by atoms with Crippen molar-refractivity contribution in [3.05, 3.63) is 47.5 Å². The highest BCUT2D eigenvalue weighted by Gasteiger charge is 2.32. The molecule has 0 saturated heterocycles. The van der Waals surface area contributed by atoms with E-state index in [4.69, 9.17) is 11.6 Å². The van der Waals surface area contributed by atoms with Gasteiger partial charge in [0.2, 0.25) is 0 Å². The molecule has 1 aromatic heterocycles. The molecular formula is C12H7ClF3N3O2. The van der Waals surface area contributed by atoms with Gasteiger partial charge in [0.15, 0.2) is 5.75 Å². The highest BCUT2D eigenvalue weighted by molar-refractivity contribution is 6.33. The maximum atomic E-state index is 12.3. The number of rotatable bonds is 3. The van der Waals surface area contributed by atoms with E-state index in [1.54, 1.807) is 0 Å². The lowest BCUT2D eigenvalue weighted by atomic mass is 10.2. The van der Waals surface area contributed by atoms with E-state index in [2.05, 4.69) is 20.0 Å². The van der Waals surface area contributed by atoms with Crippen LogP contribution in [-0.2, 0) is 0 Å². The van der Waals surface area contributed by atoms with Gasteiger partial charge in [-0.2, -0.15) is 0 Å². The molecule has 2 rings (SSSR count). The van der Waals surface area contributed by atoms with Crippen molar-refractivity contribution < 1.29 is 22.7 Å². The summed E-state index contributed by atoms with van der Waals surface area (Å²) in [4.78, 5) is 19.2. The van der Waals surface area contributed by atoms with Crippen molar-refractivity contribution in [1.82, 2.24) is 9.97 Å². The van der Waals surface area contributed by atoms with Gasteiger partial charge in [-0.05, 0) is 12.1 Å². The van der Waals surface area contributed by atoms with Crippen molar-refractivity contribution in [2.45, 2.75) is 6.36 Å². The predicted molar refractivity (Wildman–Crippen MR) is 68.1 cm³/mol. The number of carbonyl (C=O) groups is 1. The molecule has 5 nitrogen and oxygen atoms in total. The Balaban J connectivity index is 2.24. The molecule has 1 N–H and O–H groups in total. The number of carbonyl (C=O) groups excluding carboxylic acids is 1. The Morgan fingerprint density at radius 1 is 1.29 bits per heavy atom. The smallest absolute Gasteiger partial charge is 0.404 e. The molecule has 110 valence electrons. The van der Waals surface area contributed by atoms with E-state index in [1.807, 2.05) is 0 Å². The maximum absolute atomic E-state index is 12.3. The van der Waals surface area contributed by atoms with Gasteiger partial charge in [-0.1, -0.05) is 23.7 Å². The van der Waals surface area contributed by atoms with Crippen molar-refractivity contribution in [1.29, 1.82) is 0 Å². The Labute approximate surface area is 121 Å². The molecule has 0 spiro atoms. The first kappa shape index (κ1) is 15.0. The summed E-state index contributed by atoms with van der Waals surface area (Å²) in [7, 11) is 0. The number of halogens is 4. The molecule has 0 atom stereocenters. The average molecular weight is 318 g/mol. The lowest BCUT2D eigenvalue weighted by Crippen LogP contribution is -2.20. The highest BCUT2D eigenvalue weighted by atomic mass is 35.5. The number of hydrogen-bond acceptors (Lipinski definition) is 4. The van der Waals surface area contributed by atoms with Crippen molar-refractivity contribution >= 4 is 23.2 Å². The van der Waals surface area contributed by atoms with Gasteiger partial charge < -0.3 is 10.1 Å². The van der Waals surface area contributed by atoms with Crippen molar-refractivity contribution in [2.24, 2.45) is 0 Å². The largest absolute Gasteiger partial charge is 0.573 e. The second-order valence-electron chi connectivity index (χ2n) is 3.72. The number of ether oxygens (including phenoxy) is 1. The summed E-state index contributed by atoms with van der Waals surface area (Å²) in [6.45, 7) is 0.